The zero-order valence-electron chi connectivity index (χ0n) is 11.6. The standard InChI is InChI=1S/C16H11Cl2NO3S/c17-11-3-1-10(2-4-11)15-16(21)19(14(20)9-23(15)22)13-7-5-12(18)6-8-13/h1-9,20-21H. The third-order valence-electron chi connectivity index (χ3n) is 3.25. The van der Waals surface area contributed by atoms with Gasteiger partial charge in [0.1, 0.15) is 4.91 Å². The first kappa shape index (κ1) is 15.9. The Morgan fingerprint density at radius 2 is 1.39 bits per heavy atom. The van der Waals surface area contributed by atoms with Crippen LogP contribution in [-0.4, -0.2) is 14.4 Å². The van der Waals surface area contributed by atoms with Crippen molar-refractivity contribution in [3.8, 4) is 0 Å². The maximum atomic E-state index is 12.3. The molecule has 2 aromatic rings. The van der Waals surface area contributed by atoms with E-state index in [1.165, 1.54) is 4.90 Å². The van der Waals surface area contributed by atoms with Gasteiger partial charge in [-0.3, -0.25) is 0 Å². The second kappa shape index (κ2) is 6.28. The van der Waals surface area contributed by atoms with Crippen molar-refractivity contribution in [2.24, 2.45) is 0 Å². The summed E-state index contributed by atoms with van der Waals surface area (Å²) in [5.41, 5.74) is 1.04. The maximum absolute atomic E-state index is 12.3. The van der Waals surface area contributed by atoms with E-state index in [4.69, 9.17) is 23.2 Å². The highest BCUT2D eigenvalue weighted by molar-refractivity contribution is 7.97. The zero-order valence-corrected chi connectivity index (χ0v) is 13.9. The minimum atomic E-state index is -1.69. The summed E-state index contributed by atoms with van der Waals surface area (Å²) in [7, 11) is -1.69. The van der Waals surface area contributed by atoms with Gasteiger partial charge >= 0.3 is 0 Å². The molecule has 23 heavy (non-hydrogen) atoms. The van der Waals surface area contributed by atoms with Crippen molar-refractivity contribution >= 4 is 44.6 Å². The second-order valence-electron chi connectivity index (χ2n) is 4.74. The van der Waals surface area contributed by atoms with Gasteiger partial charge in [-0.2, -0.15) is 0 Å². The topological polar surface area (TPSA) is 60.8 Å². The van der Waals surface area contributed by atoms with Crippen LogP contribution in [0.25, 0.3) is 4.91 Å². The van der Waals surface area contributed by atoms with Crippen LogP contribution in [0.1, 0.15) is 5.56 Å². The number of aliphatic hydroxyl groups is 2. The van der Waals surface area contributed by atoms with E-state index in [1.54, 1.807) is 48.5 Å². The Bertz CT molecular complexity index is 829. The van der Waals surface area contributed by atoms with Crippen molar-refractivity contribution in [2.75, 3.05) is 4.90 Å². The lowest BCUT2D eigenvalue weighted by molar-refractivity contribution is 0.344. The molecule has 0 saturated heterocycles. The minimum absolute atomic E-state index is 0.189. The van der Waals surface area contributed by atoms with Crippen LogP contribution in [-0.2, 0) is 10.8 Å². The summed E-state index contributed by atoms with van der Waals surface area (Å²) in [6.45, 7) is 0. The van der Waals surface area contributed by atoms with Crippen LogP contribution in [0.15, 0.2) is 65.7 Å². The summed E-state index contributed by atoms with van der Waals surface area (Å²) in [4.78, 5) is 1.39. The fraction of sp³-hybridized carbons (Fsp3) is 0. The molecule has 0 aliphatic carbocycles. The molecule has 0 saturated carbocycles. The van der Waals surface area contributed by atoms with Crippen LogP contribution in [0.4, 0.5) is 5.69 Å². The normalized spacial score (nSPS) is 18.1. The zero-order chi connectivity index (χ0) is 16.6. The number of halogens is 2. The average Bonchev–Trinajstić information content (AvgIpc) is 2.50. The molecule has 0 radical (unpaired) electrons. The Morgan fingerprint density at radius 1 is 0.870 bits per heavy atom. The lowest BCUT2D eigenvalue weighted by atomic mass is 10.2. The van der Waals surface area contributed by atoms with E-state index < -0.39 is 10.8 Å². The van der Waals surface area contributed by atoms with E-state index in [0.717, 1.165) is 5.41 Å². The van der Waals surface area contributed by atoms with E-state index >= 15 is 0 Å². The van der Waals surface area contributed by atoms with E-state index in [9.17, 15) is 14.4 Å². The van der Waals surface area contributed by atoms with Gasteiger partial charge < -0.3 is 10.2 Å². The van der Waals surface area contributed by atoms with Gasteiger partial charge in [-0.15, -0.1) is 0 Å². The molecule has 118 valence electrons. The number of nitrogens with zero attached hydrogens (tertiary/aromatic N) is 1. The highest BCUT2D eigenvalue weighted by atomic mass is 35.5. The molecule has 0 bridgehead atoms. The van der Waals surface area contributed by atoms with Crippen LogP contribution in [0, 0.1) is 0 Å². The molecule has 0 spiro atoms. The summed E-state index contributed by atoms with van der Waals surface area (Å²) in [6.07, 6.45) is 0. The largest absolute Gasteiger partial charge is 0.494 e. The Morgan fingerprint density at radius 3 is 1.96 bits per heavy atom. The van der Waals surface area contributed by atoms with Crippen molar-refractivity contribution in [3.05, 3.63) is 81.3 Å². The lowest BCUT2D eigenvalue weighted by Crippen LogP contribution is -2.27. The van der Waals surface area contributed by atoms with Gasteiger partial charge in [-0.1, -0.05) is 35.3 Å². The van der Waals surface area contributed by atoms with Crippen molar-refractivity contribution in [1.29, 1.82) is 0 Å². The van der Waals surface area contributed by atoms with Crippen molar-refractivity contribution < 1.29 is 14.4 Å². The van der Waals surface area contributed by atoms with Crippen LogP contribution in [0.2, 0.25) is 10.0 Å². The molecule has 3 rings (SSSR count). The Labute approximate surface area is 145 Å². The van der Waals surface area contributed by atoms with Crippen LogP contribution < -0.4 is 4.90 Å². The fourth-order valence-electron chi connectivity index (χ4n) is 2.20. The van der Waals surface area contributed by atoms with Gasteiger partial charge in [0.2, 0.25) is 11.8 Å². The van der Waals surface area contributed by atoms with Crippen molar-refractivity contribution in [3.63, 3.8) is 0 Å². The lowest BCUT2D eigenvalue weighted by Gasteiger charge is -2.27. The number of anilines is 1. The van der Waals surface area contributed by atoms with E-state index in [2.05, 4.69) is 0 Å². The molecule has 2 aromatic carbocycles. The first-order valence-electron chi connectivity index (χ1n) is 6.53. The molecular formula is C16H11Cl2NO3S. The van der Waals surface area contributed by atoms with Crippen LogP contribution in [0.5, 0.6) is 0 Å². The third kappa shape index (κ3) is 3.08. The predicted octanol–water partition coefficient (Wildman–Crippen LogP) is 4.80. The highest BCUT2D eigenvalue weighted by Crippen LogP contribution is 2.34. The van der Waals surface area contributed by atoms with Gasteiger partial charge in [0, 0.05) is 10.0 Å². The molecular weight excluding hydrogens is 357 g/mol. The number of aliphatic hydroxyl groups excluding tert-OH is 2. The van der Waals surface area contributed by atoms with E-state index in [1.807, 2.05) is 0 Å². The predicted molar refractivity (Wildman–Crippen MR) is 93.8 cm³/mol. The molecule has 1 aliphatic heterocycles. The Balaban J connectivity index is 2.12. The monoisotopic (exact) mass is 367 g/mol. The van der Waals surface area contributed by atoms with Gasteiger partial charge in [0.25, 0.3) is 0 Å². The summed E-state index contributed by atoms with van der Waals surface area (Å²) in [5.74, 6) is -0.631. The second-order valence-corrected chi connectivity index (χ2v) is 6.86. The first-order valence-corrected chi connectivity index (χ1v) is 8.50. The maximum Gasteiger partial charge on any atom is 0.216 e. The quantitative estimate of drug-likeness (QED) is 0.799. The average molecular weight is 368 g/mol. The summed E-state index contributed by atoms with van der Waals surface area (Å²) in [5, 5.41) is 22.9. The molecule has 7 heteroatoms. The number of hydrogen-bond donors (Lipinski definition) is 2. The Kier molecular flexibility index (Phi) is 4.35. The first-order chi connectivity index (χ1) is 11.0. The van der Waals surface area contributed by atoms with Crippen LogP contribution >= 0.6 is 23.2 Å². The summed E-state index contributed by atoms with van der Waals surface area (Å²) < 4.78 is 12.3. The van der Waals surface area contributed by atoms with Crippen molar-refractivity contribution in [1.82, 2.24) is 0 Å². The fourth-order valence-corrected chi connectivity index (χ4v) is 3.50. The third-order valence-corrected chi connectivity index (χ3v) is 5.00. The molecule has 1 aliphatic rings. The SMILES string of the molecule is O=S1C=C(O)N(c2ccc(Cl)cc2)C(O)=C1c1ccc(Cl)cc1. The minimum Gasteiger partial charge on any atom is -0.494 e. The number of hydrogen-bond acceptors (Lipinski definition) is 4. The molecule has 0 fully saturated rings. The molecule has 2 N–H and O–H groups in total. The van der Waals surface area contributed by atoms with Crippen LogP contribution in [0.3, 0.4) is 0 Å². The molecule has 1 heterocycles. The smallest absolute Gasteiger partial charge is 0.216 e. The molecule has 4 nitrogen and oxygen atoms in total. The van der Waals surface area contributed by atoms with Gasteiger partial charge in [0.05, 0.1) is 21.9 Å². The van der Waals surface area contributed by atoms with E-state index in [0.29, 0.717) is 21.3 Å². The van der Waals surface area contributed by atoms with E-state index in [-0.39, 0.29) is 16.7 Å². The molecule has 0 amide bonds. The Hall–Kier alpha value is -1.95. The molecule has 1 atom stereocenters. The van der Waals surface area contributed by atoms with Gasteiger partial charge in [0.15, 0.2) is 0 Å². The van der Waals surface area contributed by atoms with Crippen molar-refractivity contribution in [2.45, 2.75) is 0 Å². The number of rotatable bonds is 2. The molecule has 0 aromatic heterocycles. The summed E-state index contributed by atoms with van der Waals surface area (Å²) >= 11 is 11.7. The molecule has 1 unspecified atom stereocenters. The van der Waals surface area contributed by atoms with Gasteiger partial charge in [-0.25, -0.2) is 9.11 Å². The summed E-state index contributed by atoms with van der Waals surface area (Å²) in [6, 6.07) is 13.1. The number of benzene rings is 2. The van der Waals surface area contributed by atoms with Gasteiger partial charge in [-0.05, 0) is 42.0 Å². The highest BCUT2D eigenvalue weighted by Gasteiger charge is 2.29.